The molecule has 0 fully saturated rings. The molecule has 6 amide bonds. The van der Waals surface area contributed by atoms with Crippen LogP contribution in [0.3, 0.4) is 0 Å². The molecule has 0 saturated carbocycles. The molecule has 24 heteroatoms. The van der Waals surface area contributed by atoms with Gasteiger partial charge in [0.05, 0.1) is 52.3 Å². The number of carbonyl (C=O) groups is 7. The van der Waals surface area contributed by atoms with E-state index in [2.05, 4.69) is 31.9 Å². The third-order valence-electron chi connectivity index (χ3n) is 10.4. The topological polar surface area (TPSA) is 293 Å². The number of alkyl carbamates (subject to hydrolysis) is 4. The molecule has 0 aromatic heterocycles. The quantitative estimate of drug-likeness (QED) is 0.0188. The largest absolute Gasteiger partial charge is 0.493 e. The summed E-state index contributed by atoms with van der Waals surface area (Å²) in [5.41, 5.74) is -1.81. The molecule has 0 unspecified atom stereocenters. The Kier molecular flexibility index (Phi) is 29.4. The van der Waals surface area contributed by atoms with Gasteiger partial charge in [0.1, 0.15) is 56.9 Å². The normalized spacial score (nSPS) is 11.4. The number of ether oxygens (including phenoxy) is 11. The summed E-state index contributed by atoms with van der Waals surface area (Å²) >= 11 is 0. The number of nitrogens with one attached hydrogen (secondary N) is 6. The second kappa shape index (κ2) is 35.2. The van der Waals surface area contributed by atoms with E-state index in [4.69, 9.17) is 52.1 Å². The third kappa shape index (κ3) is 32.6. The fourth-order valence-electron chi connectivity index (χ4n) is 6.91. The third-order valence-corrected chi connectivity index (χ3v) is 10.4. The maximum atomic E-state index is 13.5. The molecule has 0 aliphatic rings. The lowest BCUT2D eigenvalue weighted by atomic mass is 10.2. The van der Waals surface area contributed by atoms with Crippen LogP contribution in [-0.2, 0) is 23.7 Å². The van der Waals surface area contributed by atoms with Crippen molar-refractivity contribution in [1.82, 2.24) is 31.9 Å². The first-order valence-corrected chi connectivity index (χ1v) is 28.2. The van der Waals surface area contributed by atoms with E-state index >= 15 is 0 Å². The van der Waals surface area contributed by atoms with Crippen LogP contribution in [0.15, 0.2) is 54.6 Å². The Balaban J connectivity index is 1.57. The van der Waals surface area contributed by atoms with Gasteiger partial charge < -0.3 is 84.0 Å². The van der Waals surface area contributed by atoms with E-state index in [0.717, 1.165) is 0 Å². The van der Waals surface area contributed by atoms with Crippen LogP contribution in [0.25, 0.3) is 0 Å². The van der Waals surface area contributed by atoms with Crippen LogP contribution in [0.1, 0.15) is 153 Å². The summed E-state index contributed by atoms with van der Waals surface area (Å²) in [7, 11) is 1.26. The minimum atomic E-state index is -0.634. The van der Waals surface area contributed by atoms with E-state index in [1.807, 2.05) is 0 Å². The Hall–Kier alpha value is -8.05. The second-order valence-electron chi connectivity index (χ2n) is 23.0. The molecule has 3 aromatic carbocycles. The van der Waals surface area contributed by atoms with Crippen LogP contribution in [0.4, 0.5) is 19.2 Å². The van der Waals surface area contributed by atoms with Gasteiger partial charge in [0.15, 0.2) is 0 Å². The number of carbonyl (C=O) groups excluding carboxylic acids is 7. The zero-order valence-electron chi connectivity index (χ0n) is 51.3. The van der Waals surface area contributed by atoms with Crippen molar-refractivity contribution in [3.8, 4) is 34.5 Å². The zero-order valence-corrected chi connectivity index (χ0v) is 51.3. The van der Waals surface area contributed by atoms with Crippen LogP contribution in [0.2, 0.25) is 0 Å². The highest BCUT2D eigenvalue weighted by Crippen LogP contribution is 2.27. The molecule has 468 valence electrons. The number of hydrogen-bond donors (Lipinski definition) is 6. The molecule has 0 aliphatic heterocycles. The lowest BCUT2D eigenvalue weighted by Crippen LogP contribution is -2.33. The molecular formula is C60H90N6O18. The Labute approximate surface area is 494 Å². The molecule has 84 heavy (non-hydrogen) atoms. The average Bonchev–Trinajstić information content (AvgIpc) is 3.47. The number of esters is 1. The fraction of sp³-hybridized carbons (Fsp3) is 0.583. The highest BCUT2D eigenvalue weighted by atomic mass is 16.6. The van der Waals surface area contributed by atoms with E-state index in [1.165, 1.54) is 19.2 Å². The minimum absolute atomic E-state index is 0.151. The summed E-state index contributed by atoms with van der Waals surface area (Å²) in [6.07, 6.45) is 0.411. The molecule has 0 atom stereocenters. The molecule has 0 bridgehead atoms. The van der Waals surface area contributed by atoms with Gasteiger partial charge >= 0.3 is 30.3 Å². The SMILES string of the molecule is COC(=O)c1cc(OCCCNC(=O)c2cc(OCCCNC(=O)OC(C)(C)C)cc(OCCCNC(=O)OC(C)(C)C)c2)cc(OCCCNC(=O)c2cc(OCCCNC(=O)OC(C)(C)C)cc(OCCCNC(=O)OC(C)(C)C)c2)c1. The van der Waals surface area contributed by atoms with E-state index < -0.39 is 64.6 Å². The molecule has 0 radical (unpaired) electrons. The van der Waals surface area contributed by atoms with Gasteiger partial charge in [-0.2, -0.15) is 0 Å². The number of hydrogen-bond acceptors (Lipinski definition) is 18. The Bertz CT molecular complexity index is 2310. The predicted molar refractivity (Wildman–Crippen MR) is 313 cm³/mol. The molecule has 6 N–H and O–H groups in total. The van der Waals surface area contributed by atoms with Crippen LogP contribution < -0.4 is 60.3 Å². The summed E-state index contributed by atoms with van der Waals surface area (Å²) in [5, 5.41) is 16.5. The molecule has 0 saturated heterocycles. The summed E-state index contributed by atoms with van der Waals surface area (Å²) in [4.78, 5) is 87.8. The monoisotopic (exact) mass is 1180 g/mol. The van der Waals surface area contributed by atoms with Gasteiger partial charge in [-0.25, -0.2) is 24.0 Å². The molecule has 0 aliphatic carbocycles. The van der Waals surface area contributed by atoms with E-state index in [0.29, 0.717) is 99.2 Å². The lowest BCUT2D eigenvalue weighted by Gasteiger charge is -2.19. The van der Waals surface area contributed by atoms with Gasteiger partial charge in [-0.15, -0.1) is 0 Å². The van der Waals surface area contributed by atoms with Crippen molar-refractivity contribution in [1.29, 1.82) is 0 Å². The van der Waals surface area contributed by atoms with Crippen LogP contribution in [0, 0.1) is 0 Å². The van der Waals surface area contributed by atoms with Gasteiger partial charge in [-0.05, 0) is 158 Å². The first-order chi connectivity index (χ1) is 39.5. The first-order valence-electron chi connectivity index (χ1n) is 28.2. The molecule has 0 spiro atoms. The molecule has 24 nitrogen and oxygen atoms in total. The molecule has 0 heterocycles. The van der Waals surface area contributed by atoms with Crippen molar-refractivity contribution in [3.63, 3.8) is 0 Å². The Morgan fingerprint density at radius 1 is 0.310 bits per heavy atom. The average molecular weight is 1180 g/mol. The second-order valence-corrected chi connectivity index (χ2v) is 23.0. The maximum absolute atomic E-state index is 13.5. The van der Waals surface area contributed by atoms with Gasteiger partial charge in [0.25, 0.3) is 11.8 Å². The van der Waals surface area contributed by atoms with E-state index in [9.17, 15) is 33.6 Å². The van der Waals surface area contributed by atoms with Crippen molar-refractivity contribution < 1.29 is 85.7 Å². The number of amides is 6. The fourth-order valence-corrected chi connectivity index (χ4v) is 6.91. The first kappa shape index (κ1) is 70.2. The lowest BCUT2D eigenvalue weighted by molar-refractivity contribution is 0.0513. The standard InChI is InChI=1S/C60H90N6O18/c1-57(2,3)81-53(70)63-22-16-28-75-44-32-41(33-45(38-44)76-29-17-23-64-54(71)82-58(4,5)6)50(67)61-20-14-26-79-48-36-43(52(69)74-13)37-49(40-48)80-27-15-21-62-51(68)42-34-46(77-30-18-24-65-55(72)83-59(7,8)9)39-47(35-42)78-31-19-25-66-56(73)84-60(10,11)12/h32-40H,14-31H2,1-13H3,(H,61,67)(H,62,68)(H,63,70)(H,64,71)(H,65,72)(H,66,73). The van der Waals surface area contributed by atoms with Crippen LogP contribution >= 0.6 is 0 Å². The Morgan fingerprint density at radius 3 is 0.714 bits per heavy atom. The molecule has 3 rings (SSSR count). The summed E-state index contributed by atoms with van der Waals surface area (Å²) < 4.78 is 61.9. The smallest absolute Gasteiger partial charge is 0.407 e. The van der Waals surface area contributed by atoms with Crippen LogP contribution in [-0.4, -0.2) is 151 Å². The van der Waals surface area contributed by atoms with E-state index in [-0.39, 0.29) is 69.4 Å². The van der Waals surface area contributed by atoms with Gasteiger partial charge in [-0.1, -0.05) is 0 Å². The number of benzene rings is 3. The van der Waals surface area contributed by atoms with Gasteiger partial charge in [0.2, 0.25) is 0 Å². The van der Waals surface area contributed by atoms with Crippen molar-refractivity contribution >= 4 is 42.2 Å². The minimum Gasteiger partial charge on any atom is -0.493 e. The molecule has 3 aromatic rings. The highest BCUT2D eigenvalue weighted by molar-refractivity contribution is 5.95. The van der Waals surface area contributed by atoms with Crippen molar-refractivity contribution in [3.05, 3.63) is 71.3 Å². The van der Waals surface area contributed by atoms with Crippen LogP contribution in [0.5, 0.6) is 34.5 Å². The summed E-state index contributed by atoms with van der Waals surface area (Å²) in [5.74, 6) is 0.694. The van der Waals surface area contributed by atoms with Gasteiger partial charge in [0, 0.05) is 68.6 Å². The van der Waals surface area contributed by atoms with Crippen molar-refractivity contribution in [2.75, 3.05) is 86.0 Å². The highest BCUT2D eigenvalue weighted by Gasteiger charge is 2.20. The predicted octanol–water partition coefficient (Wildman–Crippen LogP) is 9.05. The maximum Gasteiger partial charge on any atom is 0.407 e. The van der Waals surface area contributed by atoms with Gasteiger partial charge in [-0.3, -0.25) is 9.59 Å². The van der Waals surface area contributed by atoms with Crippen molar-refractivity contribution in [2.45, 2.75) is 144 Å². The Morgan fingerprint density at radius 2 is 0.512 bits per heavy atom. The van der Waals surface area contributed by atoms with E-state index in [1.54, 1.807) is 126 Å². The number of methoxy groups -OCH3 is 1. The zero-order chi connectivity index (χ0) is 62.4. The van der Waals surface area contributed by atoms with Crippen molar-refractivity contribution in [2.24, 2.45) is 0 Å². The number of rotatable bonds is 33. The summed E-state index contributed by atoms with van der Waals surface area (Å²) in [6, 6.07) is 14.3. The molecular weight excluding hydrogens is 1090 g/mol. The summed E-state index contributed by atoms with van der Waals surface area (Å²) in [6.45, 7) is 24.1.